The van der Waals surface area contributed by atoms with E-state index in [-0.39, 0.29) is 11.3 Å². The van der Waals surface area contributed by atoms with Crippen LogP contribution in [0, 0.1) is 0 Å². The zero-order valence-corrected chi connectivity index (χ0v) is 14.0. The molecule has 118 valence electrons. The van der Waals surface area contributed by atoms with E-state index in [9.17, 15) is 4.79 Å². The summed E-state index contributed by atoms with van der Waals surface area (Å²) in [7, 11) is 1.87. The average molecular weight is 333 g/mol. The summed E-state index contributed by atoms with van der Waals surface area (Å²) < 4.78 is 0. The molecule has 0 N–H and O–H groups in total. The van der Waals surface area contributed by atoms with Crippen LogP contribution in [-0.2, 0) is 10.2 Å². The molecule has 2 aliphatic rings. The highest BCUT2D eigenvalue weighted by atomic mass is 32.1. The Morgan fingerprint density at radius 2 is 2.08 bits per heavy atom. The van der Waals surface area contributed by atoms with Gasteiger partial charge in [-0.2, -0.15) is 0 Å². The van der Waals surface area contributed by atoms with Crippen molar-refractivity contribution in [3.05, 3.63) is 53.7 Å². The van der Waals surface area contributed by atoms with Gasteiger partial charge in [0.2, 0.25) is 5.91 Å². The fourth-order valence-corrected chi connectivity index (χ4v) is 4.37. The lowest BCUT2D eigenvalue weighted by atomic mass is 9.95. The van der Waals surface area contributed by atoms with Gasteiger partial charge < -0.3 is 4.90 Å². The predicted molar refractivity (Wildman–Crippen MR) is 95.1 cm³/mol. The molecule has 5 heteroatoms. The second-order valence-corrected chi connectivity index (χ2v) is 7.32. The van der Waals surface area contributed by atoms with Gasteiger partial charge in [0.15, 0.2) is 0 Å². The molecule has 3 heterocycles. The summed E-state index contributed by atoms with van der Waals surface area (Å²) >= 11 is 1.62. The number of amides is 1. The third-order valence-corrected chi connectivity index (χ3v) is 5.94. The zero-order chi connectivity index (χ0) is 16.3. The molecule has 0 unspecified atom stereocenters. The van der Waals surface area contributed by atoms with Crippen molar-refractivity contribution in [2.24, 2.45) is 0 Å². The number of fused-ring (bicyclic) bond motifs is 2. The van der Waals surface area contributed by atoms with Crippen LogP contribution in [0.15, 0.2) is 48.1 Å². The molecule has 5 rings (SSSR count). The summed E-state index contributed by atoms with van der Waals surface area (Å²) in [5.74, 6) is 0.240. The molecule has 1 aromatic carbocycles. The maximum Gasteiger partial charge on any atom is 0.237 e. The Labute approximate surface area is 143 Å². The van der Waals surface area contributed by atoms with Gasteiger partial charge in [-0.1, -0.05) is 6.07 Å². The van der Waals surface area contributed by atoms with Gasteiger partial charge in [0.1, 0.15) is 5.01 Å². The highest BCUT2D eigenvalue weighted by molar-refractivity contribution is 7.13. The van der Waals surface area contributed by atoms with E-state index in [0.717, 1.165) is 40.4 Å². The Balaban J connectivity index is 1.57. The fourth-order valence-electron chi connectivity index (χ4n) is 3.55. The fraction of sp³-hybridized carbons (Fsp3) is 0.211. The molecule has 0 atom stereocenters. The number of hydrogen-bond acceptors (Lipinski definition) is 4. The molecule has 0 radical (unpaired) electrons. The number of thiazole rings is 1. The van der Waals surface area contributed by atoms with Gasteiger partial charge >= 0.3 is 0 Å². The van der Waals surface area contributed by atoms with Gasteiger partial charge in [0.25, 0.3) is 0 Å². The molecule has 1 aliphatic heterocycles. The molecule has 2 aromatic heterocycles. The first-order valence-corrected chi connectivity index (χ1v) is 8.86. The number of benzene rings is 1. The van der Waals surface area contributed by atoms with Gasteiger partial charge in [-0.25, -0.2) is 4.98 Å². The van der Waals surface area contributed by atoms with Crippen molar-refractivity contribution in [3.63, 3.8) is 0 Å². The normalized spacial score (nSPS) is 17.4. The smallest absolute Gasteiger partial charge is 0.237 e. The predicted octanol–water partition coefficient (Wildman–Crippen LogP) is 3.88. The standard InChI is InChI=1S/C19H15N3OS/c1-22-16-5-4-12(9-14(16)19(6-7-19)18(22)23)15-11-24-17(21-15)13-3-2-8-20-10-13/h2-5,8-11H,6-7H2,1H3. The van der Waals surface area contributed by atoms with Crippen molar-refractivity contribution in [3.8, 4) is 21.8 Å². The minimum Gasteiger partial charge on any atom is -0.314 e. The van der Waals surface area contributed by atoms with E-state index in [2.05, 4.69) is 28.6 Å². The van der Waals surface area contributed by atoms with Crippen LogP contribution >= 0.6 is 11.3 Å². The van der Waals surface area contributed by atoms with Crippen molar-refractivity contribution in [1.82, 2.24) is 9.97 Å². The molecule has 24 heavy (non-hydrogen) atoms. The van der Waals surface area contributed by atoms with Crippen LogP contribution in [0.25, 0.3) is 21.8 Å². The van der Waals surface area contributed by atoms with Gasteiger partial charge in [-0.15, -0.1) is 11.3 Å². The summed E-state index contributed by atoms with van der Waals surface area (Å²) in [5, 5.41) is 3.04. The molecule has 3 aromatic rings. The Hall–Kier alpha value is -2.53. The number of nitrogens with zero attached hydrogens (tertiary/aromatic N) is 3. The third-order valence-electron chi connectivity index (χ3n) is 5.05. The van der Waals surface area contributed by atoms with Crippen molar-refractivity contribution >= 4 is 22.9 Å². The van der Waals surface area contributed by atoms with Crippen LogP contribution in [0.5, 0.6) is 0 Å². The summed E-state index contributed by atoms with van der Waals surface area (Å²) in [6, 6.07) is 10.2. The van der Waals surface area contributed by atoms with Crippen molar-refractivity contribution < 1.29 is 4.79 Å². The van der Waals surface area contributed by atoms with E-state index in [1.165, 1.54) is 5.56 Å². The van der Waals surface area contributed by atoms with Gasteiger partial charge in [-0.3, -0.25) is 9.78 Å². The number of likely N-dealkylation sites (N-methyl/N-ethyl adjacent to an activating group) is 1. The number of aromatic nitrogens is 2. The Kier molecular flexibility index (Phi) is 2.74. The first-order chi connectivity index (χ1) is 11.7. The minimum absolute atomic E-state index is 0.240. The maximum absolute atomic E-state index is 12.5. The number of hydrogen-bond donors (Lipinski definition) is 0. The number of anilines is 1. The summed E-state index contributed by atoms with van der Waals surface area (Å²) in [6.07, 6.45) is 5.52. The Morgan fingerprint density at radius 3 is 2.83 bits per heavy atom. The summed E-state index contributed by atoms with van der Waals surface area (Å²) in [6.45, 7) is 0. The summed E-state index contributed by atoms with van der Waals surface area (Å²) in [5.41, 5.74) is 5.03. The Bertz CT molecular complexity index is 960. The van der Waals surface area contributed by atoms with Crippen LogP contribution in [0.3, 0.4) is 0 Å². The quantitative estimate of drug-likeness (QED) is 0.715. The second-order valence-electron chi connectivity index (χ2n) is 6.46. The Morgan fingerprint density at radius 1 is 1.21 bits per heavy atom. The van der Waals surface area contributed by atoms with Crippen molar-refractivity contribution in [1.29, 1.82) is 0 Å². The van der Waals surface area contributed by atoms with Crippen molar-refractivity contribution in [2.75, 3.05) is 11.9 Å². The first-order valence-electron chi connectivity index (χ1n) is 7.98. The number of carbonyl (C=O) groups excluding carboxylic acids is 1. The lowest BCUT2D eigenvalue weighted by molar-refractivity contribution is -0.119. The van der Waals surface area contributed by atoms with E-state index in [1.54, 1.807) is 22.4 Å². The van der Waals surface area contributed by atoms with Crippen molar-refractivity contribution in [2.45, 2.75) is 18.3 Å². The lowest BCUT2D eigenvalue weighted by Gasteiger charge is -2.09. The van der Waals surface area contributed by atoms with Crippen LogP contribution in [-0.4, -0.2) is 22.9 Å². The molecular weight excluding hydrogens is 318 g/mol. The van der Waals surface area contributed by atoms with E-state index >= 15 is 0 Å². The first kappa shape index (κ1) is 13.9. The number of pyridine rings is 1. The number of carbonyl (C=O) groups is 1. The molecular formula is C19H15N3OS. The van der Waals surface area contributed by atoms with Gasteiger partial charge in [0, 0.05) is 41.6 Å². The molecule has 1 fully saturated rings. The molecule has 0 bridgehead atoms. The van der Waals surface area contributed by atoms with Crippen LogP contribution in [0.1, 0.15) is 18.4 Å². The zero-order valence-electron chi connectivity index (χ0n) is 13.2. The van der Waals surface area contributed by atoms with Gasteiger partial charge in [0.05, 0.1) is 11.1 Å². The molecule has 0 saturated heterocycles. The third kappa shape index (κ3) is 1.82. The maximum atomic E-state index is 12.5. The number of rotatable bonds is 2. The summed E-state index contributed by atoms with van der Waals surface area (Å²) in [4.78, 5) is 23.2. The molecule has 1 spiro atoms. The van der Waals surface area contributed by atoms with E-state index in [4.69, 9.17) is 4.98 Å². The minimum atomic E-state index is -0.248. The van der Waals surface area contributed by atoms with Crippen LogP contribution < -0.4 is 4.90 Å². The van der Waals surface area contributed by atoms with Crippen LogP contribution in [0.4, 0.5) is 5.69 Å². The highest BCUT2D eigenvalue weighted by Crippen LogP contribution is 2.57. The van der Waals surface area contributed by atoms with E-state index in [1.807, 2.05) is 25.4 Å². The second kappa shape index (κ2) is 4.74. The molecule has 1 amide bonds. The van der Waals surface area contributed by atoms with E-state index in [0.29, 0.717) is 0 Å². The molecule has 1 saturated carbocycles. The highest BCUT2D eigenvalue weighted by Gasteiger charge is 2.58. The topological polar surface area (TPSA) is 46.1 Å². The van der Waals surface area contributed by atoms with Crippen LogP contribution in [0.2, 0.25) is 0 Å². The molecule has 1 aliphatic carbocycles. The van der Waals surface area contributed by atoms with E-state index < -0.39 is 0 Å². The SMILES string of the molecule is CN1C(=O)C2(CC2)c2cc(-c3csc(-c4cccnc4)n3)ccc21. The lowest BCUT2D eigenvalue weighted by Crippen LogP contribution is -2.27. The van der Waals surface area contributed by atoms with Gasteiger partial charge in [-0.05, 0) is 42.7 Å². The average Bonchev–Trinajstić information content (AvgIpc) is 3.24. The largest absolute Gasteiger partial charge is 0.314 e. The molecule has 4 nitrogen and oxygen atoms in total. The monoisotopic (exact) mass is 333 g/mol.